The fourth-order valence-corrected chi connectivity index (χ4v) is 4.70. The number of hydrogen-bond acceptors (Lipinski definition) is 6. The van der Waals surface area contributed by atoms with E-state index in [0.717, 1.165) is 17.3 Å². The first kappa shape index (κ1) is 20.4. The van der Waals surface area contributed by atoms with Gasteiger partial charge >= 0.3 is 0 Å². The van der Waals surface area contributed by atoms with Crippen molar-refractivity contribution in [2.75, 3.05) is 6.61 Å². The van der Waals surface area contributed by atoms with Crippen LogP contribution in [0.4, 0.5) is 4.39 Å². The van der Waals surface area contributed by atoms with Crippen molar-refractivity contribution >= 4 is 23.4 Å². The number of aliphatic hydroxyl groups excluding tert-OH is 1. The van der Waals surface area contributed by atoms with E-state index in [1.165, 1.54) is 18.2 Å². The van der Waals surface area contributed by atoms with Gasteiger partial charge in [-0.1, -0.05) is 58.8 Å². The molecular formula is C19H17ClFN3O4S. The molecule has 0 saturated carbocycles. The molecule has 152 valence electrons. The molecule has 0 bridgehead atoms. The highest BCUT2D eigenvalue weighted by atomic mass is 35.5. The van der Waals surface area contributed by atoms with Gasteiger partial charge in [-0.05, 0) is 23.7 Å². The zero-order valence-electron chi connectivity index (χ0n) is 15.0. The molecule has 4 rings (SSSR count). The Hall–Kier alpha value is -1.84. The third kappa shape index (κ3) is 4.36. The molecule has 0 spiro atoms. The Morgan fingerprint density at radius 3 is 2.76 bits per heavy atom. The largest absolute Gasteiger partial charge is 0.389 e. The molecule has 2 saturated heterocycles. The van der Waals surface area contributed by atoms with E-state index in [4.69, 9.17) is 31.3 Å². The van der Waals surface area contributed by atoms with Crippen molar-refractivity contribution in [3.8, 4) is 0 Å². The summed E-state index contributed by atoms with van der Waals surface area (Å²) in [6.07, 6.45) is -3.18. The monoisotopic (exact) mass is 437 g/mol. The lowest BCUT2D eigenvalue weighted by Gasteiger charge is -2.46. The normalized spacial score (nSPS) is 31.6. The Morgan fingerprint density at radius 1 is 1.21 bits per heavy atom. The quantitative estimate of drug-likeness (QED) is 0.433. The molecule has 2 heterocycles. The van der Waals surface area contributed by atoms with E-state index in [1.54, 1.807) is 0 Å². The summed E-state index contributed by atoms with van der Waals surface area (Å²) in [5, 5.41) is 14.9. The summed E-state index contributed by atoms with van der Waals surface area (Å²) in [4.78, 5) is 3.08. The van der Waals surface area contributed by atoms with Crippen LogP contribution in [0.3, 0.4) is 0 Å². The number of thioether (sulfide) groups is 1. The minimum Gasteiger partial charge on any atom is -0.389 e. The van der Waals surface area contributed by atoms with Gasteiger partial charge in [0.05, 0.1) is 12.6 Å². The Morgan fingerprint density at radius 2 is 2.00 bits per heavy atom. The van der Waals surface area contributed by atoms with E-state index >= 15 is 0 Å². The second-order valence-corrected chi connectivity index (χ2v) is 8.17. The summed E-state index contributed by atoms with van der Waals surface area (Å²) in [6.45, 7) is 0.170. The maximum absolute atomic E-state index is 14.1. The number of benzene rings is 2. The maximum Gasteiger partial charge on any atom is 0.184 e. The third-order valence-electron chi connectivity index (χ3n) is 4.73. The van der Waals surface area contributed by atoms with E-state index in [-0.39, 0.29) is 11.5 Å². The molecule has 29 heavy (non-hydrogen) atoms. The zero-order chi connectivity index (χ0) is 20.4. The van der Waals surface area contributed by atoms with E-state index in [0.29, 0.717) is 5.02 Å². The number of ether oxygens (including phenoxy) is 3. The molecule has 7 nitrogen and oxygen atoms in total. The van der Waals surface area contributed by atoms with Gasteiger partial charge in [-0.2, -0.15) is 0 Å². The van der Waals surface area contributed by atoms with Crippen molar-refractivity contribution in [1.29, 1.82) is 0 Å². The SMILES string of the molecule is [N-]=[N+]=N[C@@H]1[C@@H](O)[C@@H](Sc2cc(Cl)ccc2F)O[C@@H]2COC(c3ccccc3)O[C@H]12. The lowest BCUT2D eigenvalue weighted by Crippen LogP contribution is -2.60. The molecule has 0 aromatic heterocycles. The van der Waals surface area contributed by atoms with Crippen LogP contribution in [0.2, 0.25) is 5.02 Å². The number of halogens is 2. The summed E-state index contributed by atoms with van der Waals surface area (Å²) in [6, 6.07) is 12.5. The molecule has 0 amide bonds. The highest BCUT2D eigenvalue weighted by molar-refractivity contribution is 7.99. The third-order valence-corrected chi connectivity index (χ3v) is 6.15. The Bertz CT molecular complexity index is 918. The zero-order valence-corrected chi connectivity index (χ0v) is 16.5. The number of azide groups is 1. The second-order valence-electron chi connectivity index (χ2n) is 6.60. The first-order chi connectivity index (χ1) is 14.1. The lowest BCUT2D eigenvalue weighted by molar-refractivity contribution is -0.297. The minimum atomic E-state index is -1.22. The smallest absolute Gasteiger partial charge is 0.184 e. The average Bonchev–Trinajstić information content (AvgIpc) is 2.74. The van der Waals surface area contributed by atoms with Gasteiger partial charge in [0.15, 0.2) is 6.29 Å². The molecule has 0 aliphatic carbocycles. The lowest BCUT2D eigenvalue weighted by atomic mass is 9.97. The van der Waals surface area contributed by atoms with Gasteiger partial charge in [0.2, 0.25) is 0 Å². The molecule has 2 aromatic carbocycles. The first-order valence-corrected chi connectivity index (χ1v) is 10.1. The standard InChI is InChI=1S/C19H17ClFN3O4S/c20-11-6-7-12(21)14(8-11)29-19-16(25)15(23-24-22)17-13(27-19)9-26-18(28-17)10-4-2-1-3-5-10/h1-8,13,15-19,25H,9H2/t13-,15-,16-,17+,18?,19-/m1/s1. The maximum atomic E-state index is 14.1. The predicted octanol–water partition coefficient (Wildman–Crippen LogP) is 4.45. The summed E-state index contributed by atoms with van der Waals surface area (Å²) in [5.41, 5.74) is 8.92. The van der Waals surface area contributed by atoms with Crippen LogP contribution in [-0.2, 0) is 14.2 Å². The van der Waals surface area contributed by atoms with Crippen LogP contribution in [0, 0.1) is 5.82 Å². The van der Waals surface area contributed by atoms with Crippen molar-refractivity contribution in [2.24, 2.45) is 5.11 Å². The minimum absolute atomic E-state index is 0.170. The molecule has 2 fully saturated rings. The van der Waals surface area contributed by atoms with Crippen molar-refractivity contribution in [2.45, 2.75) is 41.0 Å². The number of hydrogen-bond donors (Lipinski definition) is 1. The van der Waals surface area contributed by atoms with Crippen LogP contribution >= 0.6 is 23.4 Å². The van der Waals surface area contributed by atoms with Crippen LogP contribution in [0.25, 0.3) is 10.4 Å². The first-order valence-electron chi connectivity index (χ1n) is 8.88. The van der Waals surface area contributed by atoms with Gasteiger partial charge in [-0.15, -0.1) is 0 Å². The van der Waals surface area contributed by atoms with Gasteiger partial charge in [-0.25, -0.2) is 4.39 Å². The number of nitrogens with zero attached hydrogens (tertiary/aromatic N) is 3. The Balaban J connectivity index is 1.56. The van der Waals surface area contributed by atoms with Crippen molar-refractivity contribution < 1.29 is 23.7 Å². The van der Waals surface area contributed by atoms with Crippen LogP contribution in [-0.4, -0.2) is 41.5 Å². The van der Waals surface area contributed by atoms with Crippen molar-refractivity contribution in [3.05, 3.63) is 75.4 Å². The fourth-order valence-electron chi connectivity index (χ4n) is 3.34. The van der Waals surface area contributed by atoms with E-state index < -0.39 is 41.9 Å². The van der Waals surface area contributed by atoms with E-state index in [9.17, 15) is 9.50 Å². The molecule has 2 aliphatic rings. The van der Waals surface area contributed by atoms with Gasteiger partial charge in [0.1, 0.15) is 29.6 Å². The summed E-state index contributed by atoms with van der Waals surface area (Å²) >= 11 is 6.91. The van der Waals surface area contributed by atoms with Crippen molar-refractivity contribution in [3.63, 3.8) is 0 Å². The highest BCUT2D eigenvalue weighted by Crippen LogP contribution is 2.40. The van der Waals surface area contributed by atoms with Crippen LogP contribution in [0.15, 0.2) is 58.5 Å². The van der Waals surface area contributed by atoms with Crippen molar-refractivity contribution in [1.82, 2.24) is 0 Å². The highest BCUT2D eigenvalue weighted by Gasteiger charge is 2.49. The predicted molar refractivity (Wildman–Crippen MR) is 105 cm³/mol. The summed E-state index contributed by atoms with van der Waals surface area (Å²) < 4.78 is 31.8. The van der Waals surface area contributed by atoms with E-state index in [1.807, 2.05) is 30.3 Å². The number of aliphatic hydroxyl groups is 1. The van der Waals surface area contributed by atoms with Crippen LogP contribution < -0.4 is 0 Å². The molecule has 0 radical (unpaired) electrons. The van der Waals surface area contributed by atoms with Crippen LogP contribution in [0.5, 0.6) is 0 Å². The van der Waals surface area contributed by atoms with Gasteiger partial charge < -0.3 is 19.3 Å². The molecule has 2 aliphatic heterocycles. The Labute approximate surface area is 175 Å². The molecule has 1 unspecified atom stereocenters. The second kappa shape index (κ2) is 8.89. The van der Waals surface area contributed by atoms with Crippen LogP contribution in [0.1, 0.15) is 11.9 Å². The molecule has 10 heteroatoms. The Kier molecular flexibility index (Phi) is 6.26. The topological polar surface area (TPSA) is 96.7 Å². The fraction of sp³-hybridized carbons (Fsp3) is 0.368. The molecular weight excluding hydrogens is 421 g/mol. The average molecular weight is 438 g/mol. The van der Waals surface area contributed by atoms with Gasteiger partial charge in [-0.3, -0.25) is 0 Å². The van der Waals surface area contributed by atoms with E-state index in [2.05, 4.69) is 10.0 Å². The van der Waals surface area contributed by atoms with Gasteiger partial charge in [0.25, 0.3) is 0 Å². The molecule has 6 atom stereocenters. The number of fused-ring (bicyclic) bond motifs is 1. The number of rotatable bonds is 4. The summed E-state index contributed by atoms with van der Waals surface area (Å²) in [7, 11) is 0. The molecule has 2 aromatic rings. The molecule has 1 N–H and O–H groups in total. The summed E-state index contributed by atoms with van der Waals surface area (Å²) in [5.74, 6) is -0.488. The van der Waals surface area contributed by atoms with Gasteiger partial charge in [0, 0.05) is 20.4 Å².